The molecule has 11 aromatic rings. The molecule has 0 amide bonds. The van der Waals surface area contributed by atoms with Crippen LogP contribution in [-0.2, 0) is 0 Å². The molecule has 3 heterocycles. The lowest BCUT2D eigenvalue weighted by atomic mass is 9.98. The Bertz CT molecular complexity index is 3400. The van der Waals surface area contributed by atoms with Crippen molar-refractivity contribution in [2.75, 3.05) is 0 Å². The Balaban J connectivity index is 1.16. The van der Waals surface area contributed by atoms with E-state index in [0.29, 0.717) is 0 Å². The number of para-hydroxylation sites is 4. The number of furan rings is 1. The quantitative estimate of drug-likeness (QED) is 0.185. The first-order valence-corrected chi connectivity index (χ1v) is 17.0. The number of rotatable bonds is 4. The zero-order valence-corrected chi connectivity index (χ0v) is 27.2. The van der Waals surface area contributed by atoms with Crippen LogP contribution in [0.25, 0.3) is 99.2 Å². The van der Waals surface area contributed by atoms with Crippen LogP contribution >= 0.6 is 0 Å². The highest BCUT2D eigenvalue weighted by molar-refractivity contribution is 6.17. The van der Waals surface area contributed by atoms with Crippen LogP contribution in [0.1, 0.15) is 6.85 Å². The van der Waals surface area contributed by atoms with Crippen LogP contribution in [0.3, 0.4) is 0 Å². The van der Waals surface area contributed by atoms with E-state index in [1.54, 1.807) is 4.57 Å². The fourth-order valence-corrected chi connectivity index (χ4v) is 8.01. The molecular formula is C48H30N2O. The van der Waals surface area contributed by atoms with Gasteiger partial charge in [-0.25, -0.2) is 0 Å². The van der Waals surface area contributed by atoms with E-state index in [4.69, 9.17) is 11.3 Å². The Morgan fingerprint density at radius 1 is 0.431 bits per heavy atom. The monoisotopic (exact) mass is 655 g/mol. The number of aromatic nitrogens is 2. The summed E-state index contributed by atoms with van der Waals surface area (Å²) < 4.78 is 53.4. The number of nitrogens with zero attached hydrogens (tertiary/aromatic N) is 2. The first-order chi connectivity index (χ1) is 27.4. The Morgan fingerprint density at radius 3 is 1.88 bits per heavy atom. The van der Waals surface area contributed by atoms with Gasteiger partial charge in [-0.05, 0) is 76.8 Å². The zero-order valence-electron chi connectivity index (χ0n) is 32.2. The standard InChI is InChI=1S/C48H30N2O/c1-3-13-31(14-4-1)35-26-28-44(48-47(35)39-19-9-12-22-46(39)51-48)50-42-21-11-7-17-36(42)38-25-23-33(30-45(38)50)32-24-27-43-40(29-32)37-18-8-10-20-41(37)49(43)34-15-5-2-6-16-34/h1-30H/i2D,5D,6D,15D,16D. The maximum atomic E-state index is 8.79. The topological polar surface area (TPSA) is 23.0 Å². The molecule has 51 heavy (non-hydrogen) atoms. The van der Waals surface area contributed by atoms with Crippen LogP contribution in [-0.4, -0.2) is 9.13 Å². The molecule has 0 aliphatic carbocycles. The largest absolute Gasteiger partial charge is 0.454 e. The lowest BCUT2D eigenvalue weighted by Crippen LogP contribution is -1.95. The number of hydrogen-bond donors (Lipinski definition) is 0. The van der Waals surface area contributed by atoms with E-state index >= 15 is 0 Å². The van der Waals surface area contributed by atoms with Gasteiger partial charge in [-0.3, -0.25) is 0 Å². The second-order valence-electron chi connectivity index (χ2n) is 12.9. The molecule has 0 atom stereocenters. The molecule has 8 aromatic carbocycles. The van der Waals surface area contributed by atoms with Crippen molar-refractivity contribution in [1.82, 2.24) is 9.13 Å². The summed E-state index contributed by atoms with van der Waals surface area (Å²) in [5.41, 5.74) is 10.6. The minimum atomic E-state index is -0.409. The van der Waals surface area contributed by atoms with Gasteiger partial charge in [-0.2, -0.15) is 0 Å². The molecule has 0 bridgehead atoms. The highest BCUT2D eigenvalue weighted by Crippen LogP contribution is 2.43. The minimum absolute atomic E-state index is 0.135. The molecule has 0 fully saturated rings. The average molecular weight is 656 g/mol. The van der Waals surface area contributed by atoms with Crippen molar-refractivity contribution in [3.05, 3.63) is 182 Å². The summed E-state index contributed by atoms with van der Waals surface area (Å²) in [6.07, 6.45) is 0. The Kier molecular flexibility index (Phi) is 4.99. The summed E-state index contributed by atoms with van der Waals surface area (Å²) >= 11 is 0. The van der Waals surface area contributed by atoms with Crippen molar-refractivity contribution in [3.63, 3.8) is 0 Å². The van der Waals surface area contributed by atoms with Crippen molar-refractivity contribution < 1.29 is 11.3 Å². The first-order valence-electron chi connectivity index (χ1n) is 19.5. The van der Waals surface area contributed by atoms with E-state index in [9.17, 15) is 0 Å². The zero-order chi connectivity index (χ0) is 37.8. The number of fused-ring (bicyclic) bond motifs is 9. The fourth-order valence-electron chi connectivity index (χ4n) is 8.01. The molecular weight excluding hydrogens is 621 g/mol. The van der Waals surface area contributed by atoms with Crippen LogP contribution in [0.4, 0.5) is 0 Å². The van der Waals surface area contributed by atoms with Gasteiger partial charge in [-0.1, -0.05) is 127 Å². The summed E-state index contributed by atoms with van der Waals surface area (Å²) in [4.78, 5) is 0. The Hall–Kier alpha value is -6.84. The van der Waals surface area contributed by atoms with E-state index in [-0.39, 0.29) is 29.9 Å². The van der Waals surface area contributed by atoms with E-state index in [2.05, 4.69) is 102 Å². The van der Waals surface area contributed by atoms with Gasteiger partial charge >= 0.3 is 0 Å². The van der Waals surface area contributed by atoms with E-state index < -0.39 is 6.04 Å². The van der Waals surface area contributed by atoms with E-state index in [0.717, 1.165) is 93.5 Å². The molecule has 0 aliphatic heterocycles. The number of hydrogen-bond acceptors (Lipinski definition) is 1. The molecule has 0 unspecified atom stereocenters. The molecule has 3 aromatic heterocycles. The molecule has 3 nitrogen and oxygen atoms in total. The van der Waals surface area contributed by atoms with Crippen molar-refractivity contribution >= 4 is 65.6 Å². The van der Waals surface area contributed by atoms with E-state index in [1.165, 1.54) is 0 Å². The fraction of sp³-hybridized carbons (Fsp3) is 0. The molecule has 11 rings (SSSR count). The smallest absolute Gasteiger partial charge is 0.160 e. The highest BCUT2D eigenvalue weighted by atomic mass is 16.3. The molecule has 0 spiro atoms. The third-order valence-electron chi connectivity index (χ3n) is 10.2. The number of benzene rings is 8. The van der Waals surface area contributed by atoms with Gasteiger partial charge in [0, 0.05) is 38.0 Å². The summed E-state index contributed by atoms with van der Waals surface area (Å²) in [7, 11) is 0. The maximum Gasteiger partial charge on any atom is 0.160 e. The third-order valence-corrected chi connectivity index (χ3v) is 10.2. The maximum absolute atomic E-state index is 8.79. The summed E-state index contributed by atoms with van der Waals surface area (Å²) in [5.74, 6) is 0. The van der Waals surface area contributed by atoms with Crippen LogP contribution in [0.5, 0.6) is 0 Å². The molecule has 0 aliphatic rings. The first kappa shape index (κ1) is 23.5. The Labute approximate surface area is 300 Å². The van der Waals surface area contributed by atoms with Gasteiger partial charge in [0.25, 0.3) is 0 Å². The summed E-state index contributed by atoms with van der Waals surface area (Å²) in [5, 5.41) is 6.26. The third kappa shape index (κ3) is 4.12. The molecule has 3 heteroatoms. The lowest BCUT2D eigenvalue weighted by Gasteiger charge is -2.12. The SMILES string of the molecule is [2H]c1c([2H])c([2H])c(-n2c3ccccc3c3cc(-c4ccc5c6ccccc6n(-c6ccc(-c7ccccc7)c7c6oc6ccccc67)c5c4)ccc32)c([2H])c1[2H]. The predicted octanol–water partition coefficient (Wildman–Crippen LogP) is 13.1. The van der Waals surface area contributed by atoms with Gasteiger partial charge in [0.2, 0.25) is 0 Å². The van der Waals surface area contributed by atoms with Crippen LogP contribution in [0, 0.1) is 0 Å². The van der Waals surface area contributed by atoms with Crippen molar-refractivity contribution in [3.8, 4) is 33.6 Å². The molecule has 0 radical (unpaired) electrons. The van der Waals surface area contributed by atoms with Crippen LogP contribution in [0.2, 0.25) is 0 Å². The van der Waals surface area contributed by atoms with Crippen molar-refractivity contribution in [2.45, 2.75) is 0 Å². The second-order valence-corrected chi connectivity index (χ2v) is 12.9. The molecule has 0 saturated heterocycles. The van der Waals surface area contributed by atoms with Gasteiger partial charge in [0.15, 0.2) is 5.58 Å². The molecule has 0 N–H and O–H groups in total. The van der Waals surface area contributed by atoms with Crippen LogP contribution < -0.4 is 0 Å². The van der Waals surface area contributed by atoms with Gasteiger partial charge in [0.05, 0.1) is 34.6 Å². The van der Waals surface area contributed by atoms with Crippen molar-refractivity contribution in [2.24, 2.45) is 0 Å². The van der Waals surface area contributed by atoms with Gasteiger partial charge in [-0.15, -0.1) is 0 Å². The lowest BCUT2D eigenvalue weighted by molar-refractivity contribution is 0.666. The highest BCUT2D eigenvalue weighted by Gasteiger charge is 2.21. The van der Waals surface area contributed by atoms with Crippen molar-refractivity contribution in [1.29, 1.82) is 0 Å². The average Bonchev–Trinajstić information content (AvgIpc) is 3.90. The van der Waals surface area contributed by atoms with Gasteiger partial charge < -0.3 is 13.6 Å². The minimum Gasteiger partial charge on any atom is -0.454 e. The van der Waals surface area contributed by atoms with Gasteiger partial charge in [0.1, 0.15) is 5.58 Å². The summed E-state index contributed by atoms with van der Waals surface area (Å²) in [6, 6.07) is 50.5. The Morgan fingerprint density at radius 2 is 1.06 bits per heavy atom. The molecule has 0 saturated carbocycles. The summed E-state index contributed by atoms with van der Waals surface area (Å²) in [6.45, 7) is 0. The normalized spacial score (nSPS) is 13.3. The van der Waals surface area contributed by atoms with Crippen LogP contribution in [0.15, 0.2) is 186 Å². The molecule has 238 valence electrons. The predicted molar refractivity (Wildman–Crippen MR) is 213 cm³/mol. The van der Waals surface area contributed by atoms with E-state index in [1.807, 2.05) is 54.6 Å². The second kappa shape index (κ2) is 10.8.